The maximum atomic E-state index is 11.2. The number of nitrogens with two attached hydrogens (primary N) is 5. The summed E-state index contributed by atoms with van der Waals surface area (Å²) in [5.74, 6) is 0. The quantitative estimate of drug-likeness (QED) is 0.300. The highest BCUT2D eigenvalue weighted by Crippen LogP contribution is 2.60. The van der Waals surface area contributed by atoms with Gasteiger partial charge in [0.2, 0.25) is 7.51 Å². The molecule has 0 radical (unpaired) electrons. The lowest BCUT2D eigenvalue weighted by atomic mass is 13.7. The van der Waals surface area contributed by atoms with Crippen molar-refractivity contribution in [2.45, 2.75) is 0 Å². The van der Waals surface area contributed by atoms with Gasteiger partial charge in [-0.25, -0.2) is 0 Å². The Morgan fingerprint density at radius 2 is 1.50 bits per heavy atom. The molecule has 1 rings (SSSR count). The van der Waals surface area contributed by atoms with Crippen molar-refractivity contribution in [3.63, 3.8) is 0 Å². The van der Waals surface area contributed by atoms with Crippen LogP contribution in [0, 0.1) is 0 Å². The minimum atomic E-state index is -3.45. The predicted octanol–water partition coefficient (Wildman–Crippen LogP) is -0.616. The van der Waals surface area contributed by atoms with Crippen molar-refractivity contribution < 1.29 is 4.57 Å². The van der Waals surface area contributed by atoms with Crippen molar-refractivity contribution in [3.05, 3.63) is 0 Å². The Balaban J connectivity index is 3.32. The molecule has 12 heteroatoms. The van der Waals surface area contributed by atoms with Crippen molar-refractivity contribution >= 4 is 22.6 Å². The highest BCUT2D eigenvalue weighted by atomic mass is 31.3. The Bertz CT molecular complexity index is 339. The van der Waals surface area contributed by atoms with E-state index in [1.54, 1.807) is 0 Å². The molecule has 1 unspecified atom stereocenters. The van der Waals surface area contributed by atoms with Crippen LogP contribution in [0.2, 0.25) is 0 Å². The molecule has 0 spiro atoms. The van der Waals surface area contributed by atoms with E-state index < -0.39 is 22.6 Å². The molecular formula is H11N8OP3. The average Bonchev–Trinajstić information content (AvgIpc) is 1.44. The predicted molar refractivity (Wildman–Crippen MR) is 50.4 cm³/mol. The lowest BCUT2D eigenvalue weighted by Gasteiger charge is -2.26. The van der Waals surface area contributed by atoms with E-state index in [-0.39, 0.29) is 0 Å². The van der Waals surface area contributed by atoms with Gasteiger partial charge in [-0.05, 0) is 0 Å². The molecule has 9 nitrogen and oxygen atoms in total. The second-order valence-electron chi connectivity index (χ2n) is 2.34. The van der Waals surface area contributed by atoms with Gasteiger partial charge in [-0.2, -0.15) is 13.9 Å². The van der Waals surface area contributed by atoms with E-state index in [2.05, 4.69) is 13.9 Å². The summed E-state index contributed by atoms with van der Waals surface area (Å²) >= 11 is 0. The van der Waals surface area contributed by atoms with Gasteiger partial charge in [0.1, 0.15) is 0 Å². The van der Waals surface area contributed by atoms with E-state index in [0.717, 1.165) is 0 Å². The molecule has 1 atom stereocenters. The number of hydrogen-bond acceptors (Lipinski definition) is 6. The van der Waals surface area contributed by atoms with E-state index in [9.17, 15) is 4.57 Å². The van der Waals surface area contributed by atoms with Crippen LogP contribution in [-0.2, 0) is 4.57 Å². The first-order valence-corrected chi connectivity index (χ1v) is 8.16. The van der Waals surface area contributed by atoms with Gasteiger partial charge < -0.3 is 0 Å². The van der Waals surface area contributed by atoms with Crippen molar-refractivity contribution in [2.75, 3.05) is 0 Å². The third-order valence-electron chi connectivity index (χ3n) is 0.871. The largest absolute Gasteiger partial charge is 0.330 e. The van der Waals surface area contributed by atoms with Crippen LogP contribution in [0.25, 0.3) is 0 Å². The number of nitrogens with zero attached hydrogens (tertiary/aromatic N) is 2. The smallest absolute Gasteiger partial charge is 0.273 e. The van der Waals surface area contributed by atoms with Gasteiger partial charge in [-0.15, -0.1) is 0 Å². The molecule has 72 valence electrons. The summed E-state index contributed by atoms with van der Waals surface area (Å²) in [5.41, 5.74) is 26.7. The Kier molecular flexibility index (Phi) is 2.38. The Hall–Kier alpha value is 0.450. The molecule has 0 aromatic carbocycles. The lowest BCUT2D eigenvalue weighted by molar-refractivity contribution is 0.575. The molecule has 0 aromatic rings. The molecule has 1 heterocycles. The number of hydrogen-bond donors (Lipinski definition) is 6. The summed E-state index contributed by atoms with van der Waals surface area (Å²) in [6.45, 7) is 0. The van der Waals surface area contributed by atoms with Gasteiger partial charge >= 0.3 is 7.59 Å². The molecule has 0 aliphatic carbocycles. The second kappa shape index (κ2) is 2.72. The molecule has 1 aliphatic rings. The normalized spacial score (nSPS) is 38.1. The Labute approximate surface area is 69.4 Å². The van der Waals surface area contributed by atoms with Crippen molar-refractivity contribution in [1.82, 2.24) is 4.86 Å². The van der Waals surface area contributed by atoms with Gasteiger partial charge in [0.15, 0.2) is 7.51 Å². The first-order chi connectivity index (χ1) is 5.12. The molecule has 12 heavy (non-hydrogen) atoms. The maximum absolute atomic E-state index is 11.2. The molecule has 0 amide bonds. The standard InChI is InChI=1S/H11N8OP3/c1-10(2)6-11(3,4)8-12(5,9)7-10/h1-4H2,(H3,5,7,9). The third-order valence-corrected chi connectivity index (χ3v) is 7.84. The van der Waals surface area contributed by atoms with Crippen LogP contribution in [0.15, 0.2) is 9.03 Å². The minimum Gasteiger partial charge on any atom is -0.273 e. The van der Waals surface area contributed by atoms with Gasteiger partial charge in [-0.3, -0.25) is 32.1 Å². The summed E-state index contributed by atoms with van der Waals surface area (Å²) in [6, 6.07) is 0. The van der Waals surface area contributed by atoms with E-state index in [1.807, 2.05) is 0 Å². The van der Waals surface area contributed by atoms with Crippen LogP contribution in [0.3, 0.4) is 0 Å². The van der Waals surface area contributed by atoms with Crippen molar-refractivity contribution in [2.24, 2.45) is 36.6 Å². The van der Waals surface area contributed by atoms with Crippen LogP contribution in [0.1, 0.15) is 0 Å². The second-order valence-corrected chi connectivity index (χ2v) is 8.69. The van der Waals surface area contributed by atoms with E-state index in [4.69, 9.17) is 27.5 Å². The molecule has 0 saturated carbocycles. The zero-order valence-corrected chi connectivity index (χ0v) is 8.71. The van der Waals surface area contributed by atoms with Crippen molar-refractivity contribution in [1.29, 1.82) is 0 Å². The lowest BCUT2D eigenvalue weighted by Crippen LogP contribution is -2.26. The summed E-state index contributed by atoms with van der Waals surface area (Å²) in [6.07, 6.45) is 0. The fraction of sp³-hybridized carbons (Fsp3) is 0. The third kappa shape index (κ3) is 2.74. The van der Waals surface area contributed by atoms with E-state index >= 15 is 0 Å². The monoisotopic (exact) mass is 232 g/mol. The molecule has 0 saturated heterocycles. The fourth-order valence-electron chi connectivity index (χ4n) is 0.737. The summed E-state index contributed by atoms with van der Waals surface area (Å²) in [7, 11) is -9.32. The van der Waals surface area contributed by atoms with Crippen LogP contribution in [0.4, 0.5) is 0 Å². The maximum Gasteiger partial charge on any atom is 0.330 e. The van der Waals surface area contributed by atoms with Gasteiger partial charge in [0.25, 0.3) is 0 Å². The minimum absolute atomic E-state index is 2.22. The molecule has 0 bridgehead atoms. The van der Waals surface area contributed by atoms with Gasteiger partial charge in [0.05, 0.1) is 0 Å². The molecule has 0 fully saturated rings. The summed E-state index contributed by atoms with van der Waals surface area (Å²) in [4.78, 5) is 2.22. The van der Waals surface area contributed by atoms with Gasteiger partial charge in [0, 0.05) is 0 Å². The zero-order valence-electron chi connectivity index (χ0n) is 6.03. The molecule has 1 aliphatic heterocycles. The SMILES string of the molecule is NP1(=O)N=P(N)(N)N=P(N)(N)N1. The number of nitrogens with one attached hydrogen (secondary N) is 1. The molecule has 0 aromatic heterocycles. The molecule has 11 N–H and O–H groups in total. The fourth-order valence-corrected chi connectivity index (χ4v) is 7.68. The summed E-state index contributed by atoms with van der Waals surface area (Å²) in [5, 5.41) is 0. The van der Waals surface area contributed by atoms with E-state index in [1.165, 1.54) is 0 Å². The highest BCUT2D eigenvalue weighted by molar-refractivity contribution is 7.84. The van der Waals surface area contributed by atoms with Crippen LogP contribution < -0.4 is 32.4 Å². The zero-order chi connectivity index (χ0) is 9.62. The van der Waals surface area contributed by atoms with Crippen molar-refractivity contribution in [3.8, 4) is 0 Å². The molecular weight excluding hydrogens is 221 g/mol. The first-order valence-electron chi connectivity index (χ1n) is 2.72. The van der Waals surface area contributed by atoms with Crippen LogP contribution in [-0.4, -0.2) is 0 Å². The first kappa shape index (κ1) is 10.5. The van der Waals surface area contributed by atoms with Gasteiger partial charge in [-0.1, -0.05) is 0 Å². The average molecular weight is 232 g/mol. The Morgan fingerprint density at radius 3 is 1.83 bits per heavy atom. The van der Waals surface area contributed by atoms with E-state index in [0.29, 0.717) is 0 Å². The Morgan fingerprint density at radius 1 is 1.00 bits per heavy atom. The highest BCUT2D eigenvalue weighted by Gasteiger charge is 2.30. The number of rotatable bonds is 0. The summed E-state index contributed by atoms with van der Waals surface area (Å²) < 4.78 is 18.3. The van der Waals surface area contributed by atoms with Crippen LogP contribution in [0.5, 0.6) is 0 Å². The van der Waals surface area contributed by atoms with Crippen LogP contribution >= 0.6 is 22.6 Å². The topological polar surface area (TPSA) is 184 Å².